The second kappa shape index (κ2) is 4.46. The van der Waals surface area contributed by atoms with Gasteiger partial charge in [-0.25, -0.2) is 0 Å². The van der Waals surface area contributed by atoms with Gasteiger partial charge in [0.25, 0.3) is 0 Å². The van der Waals surface area contributed by atoms with Crippen molar-refractivity contribution >= 4 is 5.71 Å². The molecule has 1 unspecified atom stereocenters. The quantitative estimate of drug-likeness (QED) is 0.517. The van der Waals surface area contributed by atoms with Gasteiger partial charge >= 0.3 is 0 Å². The number of rotatable bonds is 0. The molecule has 1 aliphatic heterocycles. The smallest absolute Gasteiger partial charge is 0.0415 e. The largest absolute Gasteiger partial charge is 0.289 e. The maximum atomic E-state index is 4.71. The zero-order valence-electron chi connectivity index (χ0n) is 8.84. The molecular weight excluding hydrogens is 170 g/mol. The van der Waals surface area contributed by atoms with Crippen LogP contribution in [0.5, 0.6) is 0 Å². The summed E-state index contributed by atoms with van der Waals surface area (Å²) in [5.41, 5.74) is 2.75. The standard InChI is InChI=1S/C13H17N/c1-11-7-3-2-4-8-12-9-5-6-10-14-13(11)12/h8,11H,3,5-7,9-10H2,1H3/b12-8-. The van der Waals surface area contributed by atoms with Crippen molar-refractivity contribution in [3.63, 3.8) is 0 Å². The molecule has 1 heteroatoms. The van der Waals surface area contributed by atoms with Gasteiger partial charge < -0.3 is 0 Å². The molecule has 74 valence electrons. The van der Waals surface area contributed by atoms with Crippen LogP contribution in [0.15, 0.2) is 16.6 Å². The van der Waals surface area contributed by atoms with E-state index in [4.69, 9.17) is 4.99 Å². The van der Waals surface area contributed by atoms with Gasteiger partial charge in [-0.15, -0.1) is 0 Å². The summed E-state index contributed by atoms with van der Waals surface area (Å²) >= 11 is 0. The molecule has 0 aromatic rings. The van der Waals surface area contributed by atoms with Crippen LogP contribution in [0.25, 0.3) is 0 Å². The van der Waals surface area contributed by atoms with E-state index in [1.165, 1.54) is 37.0 Å². The highest BCUT2D eigenvalue weighted by molar-refractivity contribution is 6.02. The molecule has 2 aliphatic rings. The molecule has 0 radical (unpaired) electrons. The molecule has 1 heterocycles. The summed E-state index contributed by atoms with van der Waals surface area (Å²) in [7, 11) is 0. The zero-order valence-corrected chi connectivity index (χ0v) is 8.84. The summed E-state index contributed by atoms with van der Waals surface area (Å²) in [4.78, 5) is 4.71. The number of hydrogen-bond acceptors (Lipinski definition) is 1. The third kappa shape index (κ3) is 2.07. The van der Waals surface area contributed by atoms with Crippen molar-refractivity contribution in [2.75, 3.05) is 6.54 Å². The molecule has 0 aromatic carbocycles. The van der Waals surface area contributed by atoms with Crippen LogP contribution in [0.4, 0.5) is 0 Å². The van der Waals surface area contributed by atoms with Gasteiger partial charge in [0.05, 0.1) is 0 Å². The average Bonchev–Trinajstić information content (AvgIpc) is 2.39. The molecule has 0 bridgehead atoms. The van der Waals surface area contributed by atoms with E-state index in [2.05, 4.69) is 24.8 Å². The van der Waals surface area contributed by atoms with Crippen molar-refractivity contribution in [1.29, 1.82) is 0 Å². The van der Waals surface area contributed by atoms with Crippen molar-refractivity contribution in [2.45, 2.75) is 39.0 Å². The molecule has 1 nitrogen and oxygen atoms in total. The van der Waals surface area contributed by atoms with Gasteiger partial charge in [-0.1, -0.05) is 18.8 Å². The molecule has 0 saturated heterocycles. The normalized spacial score (nSPS) is 30.5. The van der Waals surface area contributed by atoms with E-state index >= 15 is 0 Å². The van der Waals surface area contributed by atoms with Crippen LogP contribution >= 0.6 is 0 Å². The Morgan fingerprint density at radius 1 is 1.43 bits per heavy atom. The van der Waals surface area contributed by atoms with Crippen molar-refractivity contribution in [2.24, 2.45) is 10.9 Å². The van der Waals surface area contributed by atoms with Crippen molar-refractivity contribution in [3.8, 4) is 11.8 Å². The van der Waals surface area contributed by atoms with Crippen LogP contribution in [0.3, 0.4) is 0 Å². The van der Waals surface area contributed by atoms with E-state index in [-0.39, 0.29) is 0 Å². The summed E-state index contributed by atoms with van der Waals surface area (Å²) in [6.45, 7) is 3.30. The first-order valence-corrected chi connectivity index (χ1v) is 5.60. The van der Waals surface area contributed by atoms with Gasteiger partial charge in [0.2, 0.25) is 0 Å². The topological polar surface area (TPSA) is 12.4 Å². The minimum Gasteiger partial charge on any atom is -0.289 e. The van der Waals surface area contributed by atoms with Crippen molar-refractivity contribution < 1.29 is 0 Å². The monoisotopic (exact) mass is 187 g/mol. The summed E-state index contributed by atoms with van der Waals surface area (Å²) in [5, 5.41) is 0. The van der Waals surface area contributed by atoms with Crippen LogP contribution in [0.1, 0.15) is 39.0 Å². The van der Waals surface area contributed by atoms with Crippen LogP contribution < -0.4 is 0 Å². The van der Waals surface area contributed by atoms with Gasteiger partial charge in [0.1, 0.15) is 0 Å². The highest BCUT2D eigenvalue weighted by Crippen LogP contribution is 2.22. The number of hydrogen-bond donors (Lipinski definition) is 0. The lowest BCUT2D eigenvalue weighted by molar-refractivity contribution is 0.697. The zero-order chi connectivity index (χ0) is 9.80. The molecule has 1 aliphatic carbocycles. The molecule has 0 spiro atoms. The minimum absolute atomic E-state index is 0.606. The fraction of sp³-hybridized carbons (Fsp3) is 0.615. The molecule has 14 heavy (non-hydrogen) atoms. The average molecular weight is 187 g/mol. The number of nitrogens with zero attached hydrogens (tertiary/aromatic N) is 1. The van der Waals surface area contributed by atoms with Gasteiger partial charge in [-0.3, -0.25) is 4.99 Å². The second-order valence-corrected chi connectivity index (χ2v) is 4.15. The van der Waals surface area contributed by atoms with Crippen molar-refractivity contribution in [3.05, 3.63) is 11.6 Å². The Hall–Kier alpha value is -1.03. The SMILES string of the molecule is CC1CCC#C/C=C2/CCCCN=C21. The van der Waals surface area contributed by atoms with Gasteiger partial charge in [-0.2, -0.15) is 0 Å². The Labute approximate surface area is 86.3 Å². The third-order valence-corrected chi connectivity index (χ3v) is 2.98. The third-order valence-electron chi connectivity index (χ3n) is 2.98. The molecule has 0 saturated carbocycles. The van der Waals surface area contributed by atoms with E-state index in [1.54, 1.807) is 0 Å². The van der Waals surface area contributed by atoms with Gasteiger partial charge in [0.15, 0.2) is 0 Å². The molecule has 0 aromatic heterocycles. The molecule has 0 N–H and O–H groups in total. The first kappa shape index (κ1) is 9.52. The van der Waals surface area contributed by atoms with Crippen LogP contribution in [-0.4, -0.2) is 12.3 Å². The Bertz CT molecular complexity index is 325. The number of aliphatic imine (C=N–C) groups is 1. The lowest BCUT2D eigenvalue weighted by atomic mass is 9.90. The summed E-state index contributed by atoms with van der Waals surface area (Å²) in [5.74, 6) is 6.94. The van der Waals surface area contributed by atoms with E-state index in [9.17, 15) is 0 Å². The van der Waals surface area contributed by atoms with Gasteiger partial charge in [0, 0.05) is 18.7 Å². The predicted octanol–water partition coefficient (Wildman–Crippen LogP) is 2.97. The Morgan fingerprint density at radius 2 is 2.36 bits per heavy atom. The van der Waals surface area contributed by atoms with E-state index in [1.807, 2.05) is 0 Å². The van der Waals surface area contributed by atoms with E-state index in [0.717, 1.165) is 13.0 Å². The summed E-state index contributed by atoms with van der Waals surface area (Å²) in [6.07, 6.45) is 7.97. The summed E-state index contributed by atoms with van der Waals surface area (Å²) in [6, 6.07) is 0. The Kier molecular flexibility index (Phi) is 3.03. The molecule has 0 fully saturated rings. The van der Waals surface area contributed by atoms with Crippen molar-refractivity contribution in [1.82, 2.24) is 0 Å². The van der Waals surface area contributed by atoms with E-state index < -0.39 is 0 Å². The van der Waals surface area contributed by atoms with Gasteiger partial charge in [-0.05, 0) is 43.3 Å². The first-order valence-electron chi connectivity index (χ1n) is 5.60. The highest BCUT2D eigenvalue weighted by Gasteiger charge is 2.17. The molecule has 0 amide bonds. The number of fused-ring (bicyclic) bond motifs is 1. The fourth-order valence-electron chi connectivity index (χ4n) is 2.11. The Morgan fingerprint density at radius 3 is 3.29 bits per heavy atom. The Balaban J connectivity index is 2.32. The second-order valence-electron chi connectivity index (χ2n) is 4.15. The van der Waals surface area contributed by atoms with E-state index in [0.29, 0.717) is 5.92 Å². The lowest BCUT2D eigenvalue weighted by Crippen LogP contribution is -2.14. The number of allylic oxidation sites excluding steroid dienone is 2. The maximum absolute atomic E-state index is 4.71. The highest BCUT2D eigenvalue weighted by atomic mass is 14.7. The fourth-order valence-corrected chi connectivity index (χ4v) is 2.11. The molecule has 2 rings (SSSR count). The predicted molar refractivity (Wildman–Crippen MR) is 60.4 cm³/mol. The summed E-state index contributed by atoms with van der Waals surface area (Å²) < 4.78 is 0. The van der Waals surface area contributed by atoms with Crippen LogP contribution in [-0.2, 0) is 0 Å². The molecule has 1 atom stereocenters. The van der Waals surface area contributed by atoms with Crippen LogP contribution in [0, 0.1) is 17.8 Å². The molecular formula is C13H17N. The van der Waals surface area contributed by atoms with Crippen LogP contribution in [0.2, 0.25) is 0 Å². The first-order chi connectivity index (χ1) is 6.88. The lowest BCUT2D eigenvalue weighted by Gasteiger charge is -2.16. The maximum Gasteiger partial charge on any atom is 0.0415 e. The minimum atomic E-state index is 0.606.